The first-order chi connectivity index (χ1) is 15.8. The highest BCUT2D eigenvalue weighted by molar-refractivity contribution is 6.05. The molecule has 0 bridgehead atoms. The van der Waals surface area contributed by atoms with Crippen LogP contribution < -0.4 is 5.32 Å². The van der Waals surface area contributed by atoms with E-state index < -0.39 is 5.41 Å². The number of imidazole rings is 1. The number of nitrogens with zero attached hydrogens (tertiary/aromatic N) is 7. The van der Waals surface area contributed by atoms with Gasteiger partial charge in [-0.05, 0) is 39.2 Å². The number of amides is 1. The smallest absolute Gasteiger partial charge is 0.236 e. The molecule has 9 heteroatoms. The van der Waals surface area contributed by atoms with Crippen LogP contribution in [0.2, 0.25) is 0 Å². The van der Waals surface area contributed by atoms with E-state index in [1.165, 1.54) is 0 Å². The first-order valence-electron chi connectivity index (χ1n) is 11.1. The fraction of sp³-hybridized carbons (Fsp3) is 0.375. The molecule has 0 aliphatic carbocycles. The van der Waals surface area contributed by atoms with Gasteiger partial charge in [0.25, 0.3) is 0 Å². The van der Waals surface area contributed by atoms with E-state index in [0.717, 1.165) is 34.6 Å². The van der Waals surface area contributed by atoms with Crippen LogP contribution in [-0.4, -0.2) is 40.4 Å². The molecule has 0 aromatic carbocycles. The number of carbonyl (C=O) groups excluding carboxylic acids is 1. The summed E-state index contributed by atoms with van der Waals surface area (Å²) in [4.78, 5) is 40.0. The summed E-state index contributed by atoms with van der Waals surface area (Å²) in [6.07, 6.45) is 7.56. The molecule has 1 atom stereocenters. The van der Waals surface area contributed by atoms with Crippen LogP contribution in [-0.2, 0) is 16.8 Å². The number of aryl methyl sites for hydroxylation is 2. The summed E-state index contributed by atoms with van der Waals surface area (Å²) in [6, 6.07) is 2.02. The van der Waals surface area contributed by atoms with Crippen molar-refractivity contribution >= 4 is 22.9 Å². The average Bonchev–Trinajstić information content (AvgIpc) is 3.28. The molecule has 0 spiro atoms. The van der Waals surface area contributed by atoms with Gasteiger partial charge in [-0.25, -0.2) is 29.9 Å². The largest absolute Gasteiger partial charge is 0.310 e. The number of fused-ring (bicyclic) bond motifs is 2. The SMILES string of the molecule is CCn1c(-c2cnc(C)nc2)nc2c(-c3cnc4c(c3)[C@](C)(CC(C)C)C(=O)N4)ncnc21. The molecule has 0 saturated heterocycles. The zero-order valence-corrected chi connectivity index (χ0v) is 19.4. The van der Waals surface area contributed by atoms with Gasteiger partial charge in [0.1, 0.15) is 35.0 Å². The summed E-state index contributed by atoms with van der Waals surface area (Å²) in [5.41, 5.74) is 3.98. The molecule has 4 aromatic heterocycles. The Morgan fingerprint density at radius 3 is 2.48 bits per heavy atom. The second kappa shape index (κ2) is 7.68. The van der Waals surface area contributed by atoms with E-state index in [4.69, 9.17) is 4.98 Å². The lowest BCUT2D eigenvalue weighted by Crippen LogP contribution is -2.32. The predicted octanol–water partition coefficient (Wildman–Crippen LogP) is 3.93. The van der Waals surface area contributed by atoms with Crippen LogP contribution in [0.5, 0.6) is 0 Å². The highest BCUT2D eigenvalue weighted by Crippen LogP contribution is 2.42. The van der Waals surface area contributed by atoms with Crippen molar-refractivity contribution < 1.29 is 4.79 Å². The second-order valence-corrected chi connectivity index (χ2v) is 9.10. The number of hydrogen-bond donors (Lipinski definition) is 1. The fourth-order valence-electron chi connectivity index (χ4n) is 4.68. The van der Waals surface area contributed by atoms with Crippen molar-refractivity contribution in [2.24, 2.45) is 5.92 Å². The highest BCUT2D eigenvalue weighted by atomic mass is 16.2. The first-order valence-corrected chi connectivity index (χ1v) is 11.1. The van der Waals surface area contributed by atoms with Gasteiger partial charge in [0, 0.05) is 36.3 Å². The van der Waals surface area contributed by atoms with Gasteiger partial charge >= 0.3 is 0 Å². The van der Waals surface area contributed by atoms with E-state index >= 15 is 0 Å². The van der Waals surface area contributed by atoms with Crippen molar-refractivity contribution in [3.05, 3.63) is 42.4 Å². The maximum atomic E-state index is 12.8. The van der Waals surface area contributed by atoms with Gasteiger partial charge in [-0.2, -0.15) is 0 Å². The normalized spacial score (nSPS) is 17.6. The monoisotopic (exact) mass is 442 g/mol. The zero-order chi connectivity index (χ0) is 23.3. The van der Waals surface area contributed by atoms with E-state index in [1.807, 2.05) is 31.4 Å². The van der Waals surface area contributed by atoms with Crippen molar-refractivity contribution in [3.8, 4) is 22.6 Å². The van der Waals surface area contributed by atoms with E-state index in [9.17, 15) is 4.79 Å². The molecule has 1 aliphatic rings. The number of aromatic nitrogens is 7. The Kier molecular flexibility index (Phi) is 4.92. The predicted molar refractivity (Wildman–Crippen MR) is 125 cm³/mol. The molecule has 168 valence electrons. The summed E-state index contributed by atoms with van der Waals surface area (Å²) < 4.78 is 2.03. The maximum Gasteiger partial charge on any atom is 0.236 e. The molecule has 0 radical (unpaired) electrons. The molecule has 5 rings (SSSR count). The van der Waals surface area contributed by atoms with Crippen molar-refractivity contribution in [2.75, 3.05) is 5.32 Å². The van der Waals surface area contributed by atoms with E-state index in [-0.39, 0.29) is 5.91 Å². The highest BCUT2D eigenvalue weighted by Gasteiger charge is 2.44. The Morgan fingerprint density at radius 2 is 1.79 bits per heavy atom. The number of hydrogen-bond acceptors (Lipinski definition) is 7. The molecule has 4 aromatic rings. The van der Waals surface area contributed by atoms with Crippen LogP contribution in [0.3, 0.4) is 0 Å². The van der Waals surface area contributed by atoms with Crippen LogP contribution in [0, 0.1) is 12.8 Å². The van der Waals surface area contributed by atoms with Crippen LogP contribution in [0.1, 0.15) is 45.5 Å². The molecule has 33 heavy (non-hydrogen) atoms. The van der Waals surface area contributed by atoms with E-state index in [2.05, 4.69) is 44.1 Å². The minimum absolute atomic E-state index is 0.0133. The van der Waals surface area contributed by atoms with Crippen molar-refractivity contribution in [1.82, 2.24) is 34.5 Å². The molecular weight excluding hydrogens is 416 g/mol. The summed E-state index contributed by atoms with van der Waals surface area (Å²) >= 11 is 0. The fourth-order valence-corrected chi connectivity index (χ4v) is 4.68. The van der Waals surface area contributed by atoms with Crippen LogP contribution in [0.4, 0.5) is 5.82 Å². The number of carbonyl (C=O) groups is 1. The average molecular weight is 443 g/mol. The lowest BCUT2D eigenvalue weighted by atomic mass is 9.77. The van der Waals surface area contributed by atoms with Crippen molar-refractivity contribution in [3.63, 3.8) is 0 Å². The summed E-state index contributed by atoms with van der Waals surface area (Å²) in [5, 5.41) is 2.94. The van der Waals surface area contributed by atoms with Gasteiger partial charge in [0.05, 0.1) is 11.0 Å². The molecule has 9 nitrogen and oxygen atoms in total. The summed E-state index contributed by atoms with van der Waals surface area (Å²) in [7, 11) is 0. The van der Waals surface area contributed by atoms with E-state index in [1.54, 1.807) is 24.9 Å². The minimum atomic E-state index is -0.633. The molecule has 1 aliphatic heterocycles. The third-order valence-corrected chi connectivity index (χ3v) is 6.19. The Labute approximate surface area is 191 Å². The van der Waals surface area contributed by atoms with Gasteiger partial charge in [-0.15, -0.1) is 0 Å². The first kappa shape index (κ1) is 21.1. The van der Waals surface area contributed by atoms with Gasteiger partial charge < -0.3 is 9.88 Å². The van der Waals surface area contributed by atoms with Gasteiger partial charge in [-0.3, -0.25) is 4.79 Å². The topological polar surface area (TPSA) is 111 Å². The third-order valence-electron chi connectivity index (χ3n) is 6.19. The zero-order valence-electron chi connectivity index (χ0n) is 19.4. The Morgan fingerprint density at radius 1 is 1.06 bits per heavy atom. The molecule has 0 saturated carbocycles. The molecule has 0 fully saturated rings. The minimum Gasteiger partial charge on any atom is -0.310 e. The summed E-state index contributed by atoms with van der Waals surface area (Å²) in [5.74, 6) is 2.41. The standard InChI is InChI=1S/C24H26N8O/c1-6-32-21(16-10-25-14(4)26-11-16)30-19-18(28-12-29-22(19)32)15-7-17-20(27-9-15)31-23(33)24(17,5)8-13(2)3/h7,9-13H,6,8H2,1-5H3,(H,27,31,33)/t24-/m0/s1. The molecule has 5 heterocycles. The molecule has 1 amide bonds. The van der Waals surface area contributed by atoms with Gasteiger partial charge in [-0.1, -0.05) is 13.8 Å². The van der Waals surface area contributed by atoms with Crippen molar-refractivity contribution in [2.45, 2.75) is 53.0 Å². The van der Waals surface area contributed by atoms with Gasteiger partial charge in [0.15, 0.2) is 5.65 Å². The third kappa shape index (κ3) is 3.35. The van der Waals surface area contributed by atoms with Gasteiger partial charge in [0.2, 0.25) is 5.91 Å². The number of rotatable bonds is 5. The molecule has 1 N–H and O–H groups in total. The number of pyridine rings is 1. The van der Waals surface area contributed by atoms with Crippen molar-refractivity contribution in [1.29, 1.82) is 0 Å². The lowest BCUT2D eigenvalue weighted by Gasteiger charge is -2.24. The Hall–Kier alpha value is -3.75. The van der Waals surface area contributed by atoms with Crippen LogP contribution in [0.25, 0.3) is 33.8 Å². The number of nitrogens with one attached hydrogen (secondary N) is 1. The van der Waals surface area contributed by atoms with Crippen LogP contribution in [0.15, 0.2) is 31.0 Å². The lowest BCUT2D eigenvalue weighted by molar-refractivity contribution is -0.120. The molecular formula is C24H26N8O. The Bertz CT molecular complexity index is 1380. The second-order valence-electron chi connectivity index (χ2n) is 9.10. The van der Waals surface area contributed by atoms with E-state index in [0.29, 0.717) is 35.3 Å². The maximum absolute atomic E-state index is 12.8. The molecule has 0 unspecified atom stereocenters. The quantitative estimate of drug-likeness (QED) is 0.498. The summed E-state index contributed by atoms with van der Waals surface area (Å²) in [6.45, 7) is 10.8. The van der Waals surface area contributed by atoms with Crippen LogP contribution >= 0.6 is 0 Å². The Balaban J connectivity index is 1.68. The number of anilines is 1.